The lowest BCUT2D eigenvalue weighted by Gasteiger charge is -2.41. The SMILES string of the molecule is CCC1CCCCN1C(CN)CC(OC)OC. The lowest BCUT2D eigenvalue weighted by atomic mass is 9.96. The summed E-state index contributed by atoms with van der Waals surface area (Å²) in [6.45, 7) is 4.11. The molecule has 0 aliphatic carbocycles. The zero-order valence-corrected chi connectivity index (χ0v) is 11.5. The van der Waals surface area contributed by atoms with Crippen LogP contribution in [0.25, 0.3) is 0 Å². The van der Waals surface area contributed by atoms with Crippen molar-refractivity contribution in [3.8, 4) is 0 Å². The summed E-state index contributed by atoms with van der Waals surface area (Å²) in [5, 5.41) is 0. The fourth-order valence-corrected chi connectivity index (χ4v) is 2.82. The maximum absolute atomic E-state index is 5.93. The summed E-state index contributed by atoms with van der Waals surface area (Å²) in [4.78, 5) is 2.56. The number of hydrogen-bond donors (Lipinski definition) is 1. The molecule has 17 heavy (non-hydrogen) atoms. The van der Waals surface area contributed by atoms with Crippen LogP contribution in [-0.4, -0.2) is 50.6 Å². The summed E-state index contributed by atoms with van der Waals surface area (Å²) in [6, 6.07) is 1.07. The molecule has 1 aliphatic heterocycles. The molecule has 0 amide bonds. The first-order valence-electron chi connectivity index (χ1n) is 6.78. The molecule has 4 nitrogen and oxygen atoms in total. The van der Waals surface area contributed by atoms with Gasteiger partial charge >= 0.3 is 0 Å². The van der Waals surface area contributed by atoms with Gasteiger partial charge in [-0.2, -0.15) is 0 Å². The number of nitrogens with two attached hydrogens (primary N) is 1. The van der Waals surface area contributed by atoms with E-state index in [4.69, 9.17) is 15.2 Å². The molecule has 1 aliphatic rings. The van der Waals surface area contributed by atoms with Gasteiger partial charge in [-0.15, -0.1) is 0 Å². The number of hydrogen-bond acceptors (Lipinski definition) is 4. The van der Waals surface area contributed by atoms with Crippen molar-refractivity contribution in [3.63, 3.8) is 0 Å². The molecule has 0 radical (unpaired) electrons. The molecule has 4 heteroatoms. The largest absolute Gasteiger partial charge is 0.356 e. The summed E-state index contributed by atoms with van der Waals surface area (Å²) < 4.78 is 10.6. The molecule has 1 saturated heterocycles. The van der Waals surface area contributed by atoms with Crippen molar-refractivity contribution >= 4 is 0 Å². The number of nitrogens with zero attached hydrogens (tertiary/aromatic N) is 1. The second-order valence-electron chi connectivity index (χ2n) is 4.82. The third-order valence-electron chi connectivity index (χ3n) is 3.88. The van der Waals surface area contributed by atoms with Crippen molar-refractivity contribution in [1.82, 2.24) is 4.90 Å². The van der Waals surface area contributed by atoms with E-state index in [0.29, 0.717) is 18.6 Å². The third kappa shape index (κ3) is 4.21. The van der Waals surface area contributed by atoms with Gasteiger partial charge < -0.3 is 15.2 Å². The number of rotatable bonds is 7. The summed E-state index contributed by atoms with van der Waals surface area (Å²) in [5.41, 5.74) is 5.93. The lowest BCUT2D eigenvalue weighted by Crippen LogP contribution is -2.50. The Balaban J connectivity index is 2.57. The predicted octanol–water partition coefficient (Wildman–Crippen LogP) is 1.59. The molecular weight excluding hydrogens is 216 g/mol. The van der Waals surface area contributed by atoms with E-state index >= 15 is 0 Å². The highest BCUT2D eigenvalue weighted by atomic mass is 16.7. The maximum atomic E-state index is 5.93. The molecule has 2 N–H and O–H groups in total. The number of ether oxygens (including phenoxy) is 2. The number of likely N-dealkylation sites (tertiary alicyclic amines) is 1. The normalized spacial score (nSPS) is 24.2. The van der Waals surface area contributed by atoms with E-state index < -0.39 is 0 Å². The molecule has 0 aromatic rings. The Kier molecular flexibility index (Phi) is 7.04. The molecule has 1 rings (SSSR count). The molecule has 2 unspecified atom stereocenters. The highest BCUT2D eigenvalue weighted by molar-refractivity contribution is 4.83. The first-order chi connectivity index (χ1) is 8.26. The fourth-order valence-electron chi connectivity index (χ4n) is 2.82. The van der Waals surface area contributed by atoms with Gasteiger partial charge in [-0.1, -0.05) is 13.3 Å². The van der Waals surface area contributed by atoms with E-state index in [1.807, 2.05) is 0 Å². The van der Waals surface area contributed by atoms with Crippen molar-refractivity contribution in [1.29, 1.82) is 0 Å². The molecule has 1 fully saturated rings. The van der Waals surface area contributed by atoms with Crippen LogP contribution in [-0.2, 0) is 9.47 Å². The Hall–Kier alpha value is -0.160. The summed E-state index contributed by atoms with van der Waals surface area (Å²) in [5.74, 6) is 0. The minimum absolute atomic E-state index is 0.136. The standard InChI is InChI=1S/C13H28N2O2/c1-4-11-7-5-6-8-15(11)12(10-14)9-13(16-2)17-3/h11-13H,4-10,14H2,1-3H3. The van der Waals surface area contributed by atoms with E-state index in [-0.39, 0.29) is 6.29 Å². The Morgan fingerprint density at radius 2 is 2.00 bits per heavy atom. The van der Waals surface area contributed by atoms with Gasteiger partial charge in [0.2, 0.25) is 0 Å². The Labute approximate surface area is 105 Å². The van der Waals surface area contributed by atoms with Gasteiger partial charge in [0.1, 0.15) is 0 Å². The molecular formula is C13H28N2O2. The van der Waals surface area contributed by atoms with Gasteiger partial charge in [0.05, 0.1) is 0 Å². The minimum atomic E-state index is -0.136. The topological polar surface area (TPSA) is 47.7 Å². The lowest BCUT2D eigenvalue weighted by molar-refractivity contribution is -0.119. The van der Waals surface area contributed by atoms with Crippen molar-refractivity contribution < 1.29 is 9.47 Å². The molecule has 0 saturated carbocycles. The number of piperidine rings is 1. The average Bonchev–Trinajstić information content (AvgIpc) is 2.40. The molecule has 1 heterocycles. The first kappa shape index (κ1) is 14.9. The van der Waals surface area contributed by atoms with Gasteiger partial charge in [0.15, 0.2) is 6.29 Å². The van der Waals surface area contributed by atoms with E-state index in [1.54, 1.807) is 14.2 Å². The quantitative estimate of drug-likeness (QED) is 0.691. The molecule has 0 spiro atoms. The highest BCUT2D eigenvalue weighted by Crippen LogP contribution is 2.23. The molecule has 0 bridgehead atoms. The van der Waals surface area contributed by atoms with E-state index in [9.17, 15) is 0 Å². The summed E-state index contributed by atoms with van der Waals surface area (Å²) >= 11 is 0. The van der Waals surface area contributed by atoms with Crippen molar-refractivity contribution in [3.05, 3.63) is 0 Å². The van der Waals surface area contributed by atoms with Crippen molar-refractivity contribution in [2.45, 2.75) is 57.4 Å². The smallest absolute Gasteiger partial charge is 0.158 e. The van der Waals surface area contributed by atoms with Crippen LogP contribution in [0, 0.1) is 0 Å². The second kappa shape index (κ2) is 8.03. The van der Waals surface area contributed by atoms with E-state index in [1.165, 1.54) is 32.2 Å². The van der Waals surface area contributed by atoms with Crippen molar-refractivity contribution in [2.75, 3.05) is 27.3 Å². The highest BCUT2D eigenvalue weighted by Gasteiger charge is 2.28. The Morgan fingerprint density at radius 3 is 2.53 bits per heavy atom. The van der Waals surface area contributed by atoms with Crippen molar-refractivity contribution in [2.24, 2.45) is 5.73 Å². The summed E-state index contributed by atoms with van der Waals surface area (Å²) in [7, 11) is 3.38. The van der Waals surface area contributed by atoms with E-state index in [2.05, 4.69) is 11.8 Å². The van der Waals surface area contributed by atoms with Crippen LogP contribution in [0.3, 0.4) is 0 Å². The van der Waals surface area contributed by atoms with E-state index in [0.717, 1.165) is 6.42 Å². The zero-order chi connectivity index (χ0) is 12.7. The van der Waals surface area contributed by atoms with Gasteiger partial charge in [0.25, 0.3) is 0 Å². The monoisotopic (exact) mass is 244 g/mol. The third-order valence-corrected chi connectivity index (χ3v) is 3.88. The van der Waals surface area contributed by atoms with Crippen LogP contribution >= 0.6 is 0 Å². The first-order valence-corrected chi connectivity index (χ1v) is 6.78. The van der Waals surface area contributed by atoms with Gasteiger partial charge in [-0.3, -0.25) is 4.90 Å². The van der Waals surface area contributed by atoms with Crippen LogP contribution in [0.4, 0.5) is 0 Å². The molecule has 0 aromatic carbocycles. The second-order valence-corrected chi connectivity index (χ2v) is 4.82. The van der Waals surface area contributed by atoms with Gasteiger partial charge in [0, 0.05) is 39.3 Å². The van der Waals surface area contributed by atoms with Gasteiger partial charge in [-0.25, -0.2) is 0 Å². The molecule has 2 atom stereocenters. The van der Waals surface area contributed by atoms with Crippen LogP contribution < -0.4 is 5.73 Å². The summed E-state index contributed by atoms with van der Waals surface area (Å²) in [6.07, 6.45) is 5.88. The van der Waals surface area contributed by atoms with Crippen LogP contribution in [0.2, 0.25) is 0 Å². The maximum Gasteiger partial charge on any atom is 0.158 e. The minimum Gasteiger partial charge on any atom is -0.356 e. The Bertz CT molecular complexity index is 198. The van der Waals surface area contributed by atoms with Crippen LogP contribution in [0.1, 0.15) is 39.0 Å². The molecule has 102 valence electrons. The Morgan fingerprint density at radius 1 is 1.29 bits per heavy atom. The van der Waals surface area contributed by atoms with Gasteiger partial charge in [-0.05, 0) is 25.8 Å². The van der Waals surface area contributed by atoms with Crippen LogP contribution in [0.5, 0.6) is 0 Å². The fraction of sp³-hybridized carbons (Fsp3) is 1.00. The molecule has 0 aromatic heterocycles. The average molecular weight is 244 g/mol. The zero-order valence-electron chi connectivity index (χ0n) is 11.5. The predicted molar refractivity (Wildman–Crippen MR) is 69.9 cm³/mol. The van der Waals surface area contributed by atoms with Crippen LogP contribution in [0.15, 0.2) is 0 Å². The number of methoxy groups -OCH3 is 2.